The molecule has 1 aliphatic rings. The summed E-state index contributed by atoms with van der Waals surface area (Å²) in [6, 6.07) is 5.13. The molecule has 0 aromatic carbocycles. The van der Waals surface area contributed by atoms with E-state index in [9.17, 15) is 4.79 Å². The summed E-state index contributed by atoms with van der Waals surface area (Å²) in [7, 11) is 1.99. The van der Waals surface area contributed by atoms with E-state index in [1.165, 1.54) is 25.5 Å². The highest BCUT2D eigenvalue weighted by Crippen LogP contribution is 2.27. The number of carbonyl (C=O) groups is 1. The fourth-order valence-corrected chi connectivity index (χ4v) is 3.17. The first kappa shape index (κ1) is 17.9. The van der Waals surface area contributed by atoms with Crippen molar-refractivity contribution in [2.24, 2.45) is 5.92 Å². The van der Waals surface area contributed by atoms with Crippen LogP contribution in [0.25, 0.3) is 11.0 Å². The zero-order chi connectivity index (χ0) is 19.5. The van der Waals surface area contributed by atoms with Gasteiger partial charge in [0.2, 0.25) is 11.9 Å². The molecule has 9 heteroatoms. The van der Waals surface area contributed by atoms with E-state index in [2.05, 4.69) is 30.3 Å². The number of carbonyl (C=O) groups excluding carboxylic acids is 1. The molecule has 9 nitrogen and oxygen atoms in total. The summed E-state index contributed by atoms with van der Waals surface area (Å²) < 4.78 is 1.56. The van der Waals surface area contributed by atoms with Crippen molar-refractivity contribution in [3.8, 4) is 6.07 Å². The van der Waals surface area contributed by atoms with Crippen molar-refractivity contribution in [3.05, 3.63) is 36.4 Å². The molecule has 1 saturated carbocycles. The fraction of sp³-hybridized carbons (Fsp3) is 0.368. The van der Waals surface area contributed by atoms with Gasteiger partial charge in [-0.15, -0.1) is 0 Å². The van der Waals surface area contributed by atoms with E-state index in [-0.39, 0.29) is 12.5 Å². The summed E-state index contributed by atoms with van der Waals surface area (Å²) >= 11 is 0. The number of anilines is 2. The van der Waals surface area contributed by atoms with Gasteiger partial charge < -0.3 is 10.2 Å². The first-order valence-corrected chi connectivity index (χ1v) is 9.18. The molecule has 0 radical (unpaired) electrons. The highest BCUT2D eigenvalue weighted by atomic mass is 16.2. The Morgan fingerprint density at radius 1 is 1.32 bits per heavy atom. The number of fused-ring (bicyclic) bond motifs is 1. The van der Waals surface area contributed by atoms with Crippen molar-refractivity contribution < 1.29 is 4.79 Å². The van der Waals surface area contributed by atoms with Crippen LogP contribution in [0.4, 0.5) is 11.6 Å². The molecule has 0 aliphatic heterocycles. The molecule has 1 N–H and O–H groups in total. The lowest BCUT2D eigenvalue weighted by molar-refractivity contribution is -0.116. The minimum atomic E-state index is -0.250. The van der Waals surface area contributed by atoms with Gasteiger partial charge in [0.1, 0.15) is 18.3 Å². The second-order valence-electron chi connectivity index (χ2n) is 7.02. The van der Waals surface area contributed by atoms with E-state index in [1.807, 2.05) is 13.1 Å². The minimum Gasteiger partial charge on any atom is -0.344 e. The van der Waals surface area contributed by atoms with Crippen LogP contribution in [0, 0.1) is 17.2 Å². The Labute approximate surface area is 162 Å². The SMILES string of the molecule is CN(CC1CCC1)c1ncc2cnn(CC(=O)Nc3ccc(C#N)nc3)c2n1. The van der Waals surface area contributed by atoms with Gasteiger partial charge in [0.25, 0.3) is 0 Å². The first-order chi connectivity index (χ1) is 13.6. The number of amides is 1. The lowest BCUT2D eigenvalue weighted by Gasteiger charge is -2.30. The first-order valence-electron chi connectivity index (χ1n) is 9.18. The third kappa shape index (κ3) is 3.76. The Morgan fingerprint density at radius 3 is 2.86 bits per heavy atom. The predicted molar refractivity (Wildman–Crippen MR) is 104 cm³/mol. The van der Waals surface area contributed by atoms with Crippen LogP contribution in [0.1, 0.15) is 25.0 Å². The van der Waals surface area contributed by atoms with Gasteiger partial charge in [-0.1, -0.05) is 6.42 Å². The van der Waals surface area contributed by atoms with Crippen molar-refractivity contribution in [1.29, 1.82) is 5.26 Å². The summed E-state index contributed by atoms with van der Waals surface area (Å²) in [4.78, 5) is 27.4. The quantitative estimate of drug-likeness (QED) is 0.700. The van der Waals surface area contributed by atoms with Gasteiger partial charge in [0.15, 0.2) is 5.65 Å². The third-order valence-corrected chi connectivity index (χ3v) is 4.92. The molecular formula is C19H20N8O. The summed E-state index contributed by atoms with van der Waals surface area (Å²) in [6.45, 7) is 0.956. The van der Waals surface area contributed by atoms with Crippen LogP contribution in [-0.2, 0) is 11.3 Å². The standard InChI is InChI=1S/C19H20N8O/c1-26(11-13-3-2-4-13)19-22-8-14-9-23-27(18(14)25-19)12-17(28)24-16-6-5-15(7-20)21-10-16/h5-6,8-10,13H,2-4,11-12H2,1H3,(H,24,28). The van der Waals surface area contributed by atoms with Crippen LogP contribution in [0.2, 0.25) is 0 Å². The summed E-state index contributed by atoms with van der Waals surface area (Å²) in [6.07, 6.45) is 8.66. The van der Waals surface area contributed by atoms with Crippen molar-refractivity contribution in [1.82, 2.24) is 24.7 Å². The van der Waals surface area contributed by atoms with Crippen LogP contribution < -0.4 is 10.2 Å². The normalized spacial score (nSPS) is 13.7. The highest BCUT2D eigenvalue weighted by Gasteiger charge is 2.20. The topological polar surface area (TPSA) is 113 Å². The van der Waals surface area contributed by atoms with Crippen LogP contribution >= 0.6 is 0 Å². The number of pyridine rings is 1. The number of nitriles is 1. The third-order valence-electron chi connectivity index (χ3n) is 4.92. The maximum absolute atomic E-state index is 12.4. The molecule has 1 fully saturated rings. The van der Waals surface area contributed by atoms with Gasteiger partial charge >= 0.3 is 0 Å². The van der Waals surface area contributed by atoms with E-state index in [0.29, 0.717) is 28.9 Å². The van der Waals surface area contributed by atoms with Gasteiger partial charge in [0.05, 0.1) is 23.5 Å². The Bertz CT molecular complexity index is 1030. The van der Waals surface area contributed by atoms with E-state index in [1.54, 1.807) is 29.2 Å². The maximum Gasteiger partial charge on any atom is 0.246 e. The zero-order valence-corrected chi connectivity index (χ0v) is 15.5. The fourth-order valence-electron chi connectivity index (χ4n) is 3.17. The molecule has 1 amide bonds. The largest absolute Gasteiger partial charge is 0.344 e. The van der Waals surface area contributed by atoms with Gasteiger partial charge in [0, 0.05) is 19.8 Å². The molecule has 3 aromatic rings. The van der Waals surface area contributed by atoms with E-state index < -0.39 is 0 Å². The van der Waals surface area contributed by atoms with Crippen LogP contribution in [-0.4, -0.2) is 44.2 Å². The molecule has 3 heterocycles. The molecule has 4 rings (SSSR count). The van der Waals surface area contributed by atoms with Crippen LogP contribution in [0.5, 0.6) is 0 Å². The van der Waals surface area contributed by atoms with E-state index in [0.717, 1.165) is 11.9 Å². The Kier molecular flexibility index (Phi) is 4.85. The Morgan fingerprint density at radius 2 is 2.18 bits per heavy atom. The lowest BCUT2D eigenvalue weighted by Crippen LogP contribution is -2.30. The van der Waals surface area contributed by atoms with Crippen molar-refractivity contribution >= 4 is 28.6 Å². The molecule has 3 aromatic heterocycles. The number of rotatable bonds is 6. The maximum atomic E-state index is 12.4. The molecule has 0 spiro atoms. The predicted octanol–water partition coefficient (Wildman–Crippen LogP) is 1.97. The Hall–Kier alpha value is -3.54. The van der Waals surface area contributed by atoms with Gasteiger partial charge in [-0.05, 0) is 30.9 Å². The molecule has 1 aliphatic carbocycles. The molecule has 0 unspecified atom stereocenters. The molecule has 142 valence electrons. The average Bonchev–Trinajstić information content (AvgIpc) is 3.07. The smallest absolute Gasteiger partial charge is 0.246 e. The second-order valence-corrected chi connectivity index (χ2v) is 7.02. The number of nitrogens with zero attached hydrogens (tertiary/aromatic N) is 7. The van der Waals surface area contributed by atoms with Crippen LogP contribution in [0.3, 0.4) is 0 Å². The summed E-state index contributed by atoms with van der Waals surface area (Å²) in [5.41, 5.74) is 1.45. The van der Waals surface area contributed by atoms with Crippen molar-refractivity contribution in [3.63, 3.8) is 0 Å². The second kappa shape index (κ2) is 7.60. The Balaban J connectivity index is 1.47. The zero-order valence-electron chi connectivity index (χ0n) is 15.5. The number of nitrogens with one attached hydrogen (secondary N) is 1. The van der Waals surface area contributed by atoms with Gasteiger partial charge in [-0.2, -0.15) is 15.3 Å². The number of aromatic nitrogens is 5. The molecular weight excluding hydrogens is 356 g/mol. The van der Waals surface area contributed by atoms with E-state index >= 15 is 0 Å². The monoisotopic (exact) mass is 376 g/mol. The van der Waals surface area contributed by atoms with Crippen molar-refractivity contribution in [2.75, 3.05) is 23.8 Å². The minimum absolute atomic E-state index is 0.0201. The molecule has 0 bridgehead atoms. The molecule has 0 saturated heterocycles. The summed E-state index contributed by atoms with van der Waals surface area (Å²) in [5, 5.41) is 16.6. The highest BCUT2D eigenvalue weighted by molar-refractivity contribution is 5.91. The average molecular weight is 376 g/mol. The van der Waals surface area contributed by atoms with Crippen LogP contribution in [0.15, 0.2) is 30.7 Å². The number of hydrogen-bond acceptors (Lipinski definition) is 7. The number of hydrogen-bond donors (Lipinski definition) is 1. The van der Waals surface area contributed by atoms with E-state index in [4.69, 9.17) is 5.26 Å². The molecule has 0 atom stereocenters. The van der Waals surface area contributed by atoms with Crippen molar-refractivity contribution in [2.45, 2.75) is 25.8 Å². The summed E-state index contributed by atoms with van der Waals surface area (Å²) in [5.74, 6) is 1.10. The lowest BCUT2D eigenvalue weighted by atomic mass is 9.85. The molecule has 28 heavy (non-hydrogen) atoms. The van der Waals surface area contributed by atoms with Gasteiger partial charge in [-0.3, -0.25) is 4.79 Å². The van der Waals surface area contributed by atoms with Gasteiger partial charge in [-0.25, -0.2) is 14.6 Å².